The Bertz CT molecular complexity index is 920. The van der Waals surface area contributed by atoms with Crippen molar-refractivity contribution in [2.45, 2.75) is 6.92 Å². The first-order chi connectivity index (χ1) is 11.6. The van der Waals surface area contributed by atoms with Crippen molar-refractivity contribution in [3.8, 4) is 11.3 Å². The molecule has 0 saturated heterocycles. The van der Waals surface area contributed by atoms with Crippen molar-refractivity contribution in [1.29, 1.82) is 0 Å². The number of esters is 1. The van der Waals surface area contributed by atoms with Crippen molar-refractivity contribution in [2.75, 3.05) is 6.61 Å². The Hall–Kier alpha value is -3.28. The minimum atomic E-state index is -0.468. The Labute approximate surface area is 137 Å². The number of carbonyl (C=O) groups is 1. The quantitative estimate of drug-likeness (QED) is 0.412. The van der Waals surface area contributed by atoms with E-state index < -0.39 is 10.9 Å². The highest BCUT2D eigenvalue weighted by atomic mass is 16.6. The Morgan fingerprint density at radius 3 is 2.54 bits per heavy atom. The average molecular weight is 322 g/mol. The fourth-order valence-corrected chi connectivity index (χ4v) is 2.44. The van der Waals surface area contributed by atoms with Gasteiger partial charge in [-0.1, -0.05) is 18.2 Å². The predicted octanol–water partition coefficient (Wildman–Crippen LogP) is 3.99. The normalized spacial score (nSPS) is 10.5. The maximum atomic E-state index is 12.3. The topological polar surface area (TPSA) is 82.3 Å². The van der Waals surface area contributed by atoms with Gasteiger partial charge in [0.25, 0.3) is 5.69 Å². The number of nitro groups is 1. The van der Waals surface area contributed by atoms with Gasteiger partial charge in [-0.25, -0.2) is 9.78 Å². The molecule has 24 heavy (non-hydrogen) atoms. The summed E-state index contributed by atoms with van der Waals surface area (Å²) in [7, 11) is 0. The average Bonchev–Trinajstić information content (AvgIpc) is 2.61. The summed E-state index contributed by atoms with van der Waals surface area (Å²) in [6, 6.07) is 15.1. The molecule has 6 heteroatoms. The van der Waals surface area contributed by atoms with E-state index in [-0.39, 0.29) is 12.3 Å². The van der Waals surface area contributed by atoms with E-state index in [1.54, 1.807) is 25.1 Å². The number of ether oxygens (including phenoxy) is 1. The number of pyridine rings is 1. The molecule has 0 unspecified atom stereocenters. The maximum absolute atomic E-state index is 12.3. The summed E-state index contributed by atoms with van der Waals surface area (Å²) in [6.45, 7) is 1.99. The highest BCUT2D eigenvalue weighted by Gasteiger charge is 2.17. The summed E-state index contributed by atoms with van der Waals surface area (Å²) >= 11 is 0. The minimum absolute atomic E-state index is 0.0165. The Balaban J connectivity index is 2.18. The van der Waals surface area contributed by atoms with Crippen LogP contribution in [0.5, 0.6) is 0 Å². The Morgan fingerprint density at radius 2 is 1.88 bits per heavy atom. The molecular formula is C18H14N2O4. The largest absolute Gasteiger partial charge is 0.462 e. The lowest BCUT2D eigenvalue weighted by atomic mass is 10.0. The molecular weight excluding hydrogens is 308 g/mol. The first-order valence-corrected chi connectivity index (χ1v) is 7.42. The zero-order valence-corrected chi connectivity index (χ0v) is 12.9. The molecule has 0 radical (unpaired) electrons. The molecule has 0 aliphatic heterocycles. The van der Waals surface area contributed by atoms with Crippen molar-refractivity contribution < 1.29 is 14.5 Å². The smallest absolute Gasteiger partial charge is 0.340 e. The second kappa shape index (κ2) is 6.45. The number of hydrogen-bond acceptors (Lipinski definition) is 5. The van der Waals surface area contributed by atoms with Gasteiger partial charge >= 0.3 is 5.97 Å². The third kappa shape index (κ3) is 2.94. The van der Waals surface area contributed by atoms with Crippen LogP contribution in [0.15, 0.2) is 54.6 Å². The number of fused-ring (bicyclic) bond motifs is 1. The van der Waals surface area contributed by atoms with Gasteiger partial charge in [0.05, 0.1) is 28.3 Å². The molecule has 0 aliphatic rings. The lowest BCUT2D eigenvalue weighted by molar-refractivity contribution is -0.384. The molecule has 0 aliphatic carbocycles. The number of carbonyl (C=O) groups excluding carboxylic acids is 1. The fourth-order valence-electron chi connectivity index (χ4n) is 2.44. The number of para-hydroxylation sites is 1. The highest BCUT2D eigenvalue weighted by molar-refractivity contribution is 6.00. The molecule has 3 rings (SSSR count). The second-order valence-corrected chi connectivity index (χ2v) is 5.10. The second-order valence-electron chi connectivity index (χ2n) is 5.10. The van der Waals surface area contributed by atoms with Crippen molar-refractivity contribution >= 4 is 22.6 Å². The van der Waals surface area contributed by atoms with Crippen molar-refractivity contribution in [3.63, 3.8) is 0 Å². The zero-order chi connectivity index (χ0) is 17.1. The van der Waals surface area contributed by atoms with E-state index in [0.29, 0.717) is 16.8 Å². The van der Waals surface area contributed by atoms with Gasteiger partial charge in [-0.15, -0.1) is 0 Å². The zero-order valence-electron chi connectivity index (χ0n) is 12.9. The summed E-state index contributed by atoms with van der Waals surface area (Å²) in [5, 5.41) is 11.6. The lowest BCUT2D eigenvalue weighted by Gasteiger charge is -2.10. The molecule has 0 bridgehead atoms. The summed E-state index contributed by atoms with van der Waals surface area (Å²) in [5.41, 5.74) is 2.12. The van der Waals surface area contributed by atoms with E-state index in [1.807, 2.05) is 24.3 Å². The third-order valence-corrected chi connectivity index (χ3v) is 3.57. The number of non-ortho nitro benzene ring substituents is 1. The maximum Gasteiger partial charge on any atom is 0.340 e. The molecule has 6 nitrogen and oxygen atoms in total. The molecule has 0 fully saturated rings. The molecule has 3 aromatic rings. The van der Waals surface area contributed by atoms with Crippen molar-refractivity contribution in [3.05, 3.63) is 70.3 Å². The van der Waals surface area contributed by atoms with E-state index in [1.165, 1.54) is 12.1 Å². The molecule has 0 amide bonds. The highest BCUT2D eigenvalue weighted by Crippen LogP contribution is 2.27. The van der Waals surface area contributed by atoms with Crippen LogP contribution in [0, 0.1) is 10.1 Å². The molecule has 1 heterocycles. The summed E-state index contributed by atoms with van der Waals surface area (Å²) in [5.74, 6) is -0.468. The number of aromatic nitrogens is 1. The number of benzene rings is 2. The molecule has 2 aromatic carbocycles. The minimum Gasteiger partial charge on any atom is -0.462 e. The van der Waals surface area contributed by atoms with Crippen LogP contribution in [-0.2, 0) is 4.74 Å². The van der Waals surface area contributed by atoms with E-state index >= 15 is 0 Å². The van der Waals surface area contributed by atoms with Crippen molar-refractivity contribution in [1.82, 2.24) is 4.98 Å². The SMILES string of the molecule is CCOC(=O)c1cc2ccccc2nc1-c1ccc([N+](=O)[O-])cc1. The van der Waals surface area contributed by atoms with Crippen LogP contribution in [0.1, 0.15) is 17.3 Å². The van der Waals surface area contributed by atoms with Gasteiger partial charge in [-0.05, 0) is 31.2 Å². The van der Waals surface area contributed by atoms with Crippen LogP contribution < -0.4 is 0 Å². The number of rotatable bonds is 4. The van der Waals surface area contributed by atoms with Crippen LogP contribution in [0.25, 0.3) is 22.2 Å². The van der Waals surface area contributed by atoms with Crippen LogP contribution in [0.2, 0.25) is 0 Å². The van der Waals surface area contributed by atoms with Crippen LogP contribution >= 0.6 is 0 Å². The molecule has 120 valence electrons. The van der Waals surface area contributed by atoms with E-state index in [2.05, 4.69) is 4.98 Å². The van der Waals surface area contributed by atoms with Gasteiger partial charge in [-0.3, -0.25) is 10.1 Å². The van der Waals surface area contributed by atoms with E-state index in [0.717, 1.165) is 10.9 Å². The monoisotopic (exact) mass is 322 g/mol. The molecule has 0 atom stereocenters. The third-order valence-electron chi connectivity index (χ3n) is 3.57. The molecule has 0 saturated carbocycles. The van der Waals surface area contributed by atoms with Crippen LogP contribution in [-0.4, -0.2) is 22.5 Å². The number of nitrogens with zero attached hydrogens (tertiary/aromatic N) is 2. The van der Waals surface area contributed by atoms with Gasteiger partial charge < -0.3 is 4.74 Å². The van der Waals surface area contributed by atoms with E-state index in [9.17, 15) is 14.9 Å². The predicted molar refractivity (Wildman–Crippen MR) is 89.8 cm³/mol. The van der Waals surface area contributed by atoms with Gasteiger partial charge in [0.15, 0.2) is 0 Å². The summed E-state index contributed by atoms with van der Waals surface area (Å²) in [6.07, 6.45) is 0. The first kappa shape index (κ1) is 15.6. The summed E-state index contributed by atoms with van der Waals surface area (Å²) < 4.78 is 5.11. The van der Waals surface area contributed by atoms with Gasteiger partial charge in [0, 0.05) is 23.1 Å². The first-order valence-electron chi connectivity index (χ1n) is 7.42. The standard InChI is InChI=1S/C18H14N2O4/c1-2-24-18(21)15-11-13-5-3-4-6-16(13)19-17(15)12-7-9-14(10-8-12)20(22)23/h3-11H,2H2,1H3. The van der Waals surface area contributed by atoms with E-state index in [4.69, 9.17) is 4.74 Å². The fraction of sp³-hybridized carbons (Fsp3) is 0.111. The molecule has 0 N–H and O–H groups in total. The molecule has 1 aromatic heterocycles. The van der Waals surface area contributed by atoms with Gasteiger partial charge in [0.1, 0.15) is 0 Å². The number of hydrogen-bond donors (Lipinski definition) is 0. The lowest BCUT2D eigenvalue weighted by Crippen LogP contribution is -2.08. The Morgan fingerprint density at radius 1 is 1.17 bits per heavy atom. The molecule has 0 spiro atoms. The van der Waals surface area contributed by atoms with Gasteiger partial charge in [0.2, 0.25) is 0 Å². The number of nitro benzene ring substituents is 1. The van der Waals surface area contributed by atoms with Crippen LogP contribution in [0.3, 0.4) is 0 Å². The van der Waals surface area contributed by atoms with Crippen LogP contribution in [0.4, 0.5) is 5.69 Å². The summed E-state index contributed by atoms with van der Waals surface area (Å²) in [4.78, 5) is 27.2. The van der Waals surface area contributed by atoms with Gasteiger partial charge in [-0.2, -0.15) is 0 Å². The van der Waals surface area contributed by atoms with Crippen molar-refractivity contribution in [2.24, 2.45) is 0 Å². The Kier molecular flexibility index (Phi) is 4.20.